The van der Waals surface area contributed by atoms with Gasteiger partial charge in [0.15, 0.2) is 11.5 Å². The minimum atomic E-state index is -1.07. The summed E-state index contributed by atoms with van der Waals surface area (Å²) in [5.74, 6) is -0.834. The zero-order valence-corrected chi connectivity index (χ0v) is 14.5. The number of nitrogens with zero attached hydrogens (tertiary/aromatic N) is 1. The van der Waals surface area contributed by atoms with E-state index in [-0.39, 0.29) is 18.3 Å². The Morgan fingerprint density at radius 1 is 0.929 bits per heavy atom. The highest BCUT2D eigenvalue weighted by Crippen LogP contribution is 2.42. The van der Waals surface area contributed by atoms with Crippen molar-refractivity contribution in [1.82, 2.24) is 0 Å². The van der Waals surface area contributed by atoms with Crippen LogP contribution in [0, 0.1) is 11.6 Å². The predicted octanol–water partition coefficient (Wildman–Crippen LogP) is 4.46. The quantitative estimate of drug-likeness (QED) is 0.713. The zero-order valence-electron chi connectivity index (χ0n) is 14.5. The van der Waals surface area contributed by atoms with E-state index in [4.69, 9.17) is 9.47 Å². The van der Waals surface area contributed by atoms with Gasteiger partial charge in [0.05, 0.1) is 16.8 Å². The van der Waals surface area contributed by atoms with Crippen molar-refractivity contribution in [3.8, 4) is 11.5 Å². The predicted molar refractivity (Wildman–Crippen MR) is 98.5 cm³/mol. The average Bonchev–Trinajstić information content (AvgIpc) is 3.16. The number of hydrogen-bond acceptors (Lipinski definition) is 4. The van der Waals surface area contributed by atoms with Gasteiger partial charge in [0.1, 0.15) is 17.8 Å². The molecule has 0 unspecified atom stereocenters. The van der Waals surface area contributed by atoms with Crippen molar-refractivity contribution in [3.63, 3.8) is 0 Å². The van der Waals surface area contributed by atoms with Crippen LogP contribution in [0.5, 0.6) is 11.5 Å². The Balaban J connectivity index is 1.70. The van der Waals surface area contributed by atoms with Gasteiger partial charge < -0.3 is 14.8 Å². The summed E-state index contributed by atoms with van der Waals surface area (Å²) in [6.45, 7) is 0.0825. The number of carbonyl (C=O) groups is 1. The number of benzene rings is 3. The average molecular weight is 380 g/mol. The molecule has 5 nitrogen and oxygen atoms in total. The molecule has 0 radical (unpaired) electrons. The second-order valence-electron chi connectivity index (χ2n) is 6.44. The summed E-state index contributed by atoms with van der Waals surface area (Å²) in [5.41, 5.74) is 1.12. The Kier molecular flexibility index (Phi) is 3.68. The molecule has 0 bridgehead atoms. The molecule has 5 rings (SSSR count). The van der Waals surface area contributed by atoms with Crippen molar-refractivity contribution in [1.29, 1.82) is 0 Å². The molecule has 7 heteroatoms. The fourth-order valence-corrected chi connectivity index (χ4v) is 3.53. The monoisotopic (exact) mass is 380 g/mol. The smallest absolute Gasteiger partial charge is 0.262 e. The first-order valence-corrected chi connectivity index (χ1v) is 8.66. The Morgan fingerprint density at radius 3 is 2.50 bits per heavy atom. The normalized spacial score (nSPS) is 17.3. The first-order chi connectivity index (χ1) is 13.6. The number of rotatable bonds is 2. The van der Waals surface area contributed by atoms with E-state index in [1.54, 1.807) is 42.5 Å². The highest BCUT2D eigenvalue weighted by atomic mass is 19.1. The maximum atomic E-state index is 14.6. The van der Waals surface area contributed by atoms with Crippen LogP contribution >= 0.6 is 0 Å². The summed E-state index contributed by atoms with van der Waals surface area (Å²) in [4.78, 5) is 14.6. The number of halogens is 2. The Hall–Kier alpha value is -3.61. The molecular weight excluding hydrogens is 366 g/mol. The first-order valence-electron chi connectivity index (χ1n) is 8.66. The van der Waals surface area contributed by atoms with Gasteiger partial charge >= 0.3 is 0 Å². The van der Waals surface area contributed by atoms with Crippen LogP contribution in [-0.2, 0) is 0 Å². The van der Waals surface area contributed by atoms with Gasteiger partial charge in [-0.25, -0.2) is 8.78 Å². The van der Waals surface area contributed by atoms with Gasteiger partial charge in [-0.1, -0.05) is 18.2 Å². The molecule has 3 aromatic carbocycles. The molecule has 0 aliphatic carbocycles. The SMILES string of the molecule is O=C1c2ccccc2N[C@@H](c2c(F)cccc2F)N1c1ccc2c(c1)OCO2. The molecule has 2 aliphatic rings. The number of ether oxygens (including phenoxy) is 2. The lowest BCUT2D eigenvalue weighted by molar-refractivity contribution is 0.0974. The van der Waals surface area contributed by atoms with Crippen LogP contribution in [0.2, 0.25) is 0 Å². The molecule has 1 amide bonds. The van der Waals surface area contributed by atoms with Crippen molar-refractivity contribution in [2.24, 2.45) is 0 Å². The second-order valence-corrected chi connectivity index (χ2v) is 6.44. The van der Waals surface area contributed by atoms with Gasteiger partial charge in [-0.15, -0.1) is 0 Å². The fraction of sp³-hybridized carbons (Fsp3) is 0.0952. The molecule has 3 aromatic rings. The van der Waals surface area contributed by atoms with Crippen LogP contribution in [-0.4, -0.2) is 12.7 Å². The third-order valence-electron chi connectivity index (χ3n) is 4.83. The van der Waals surface area contributed by atoms with E-state index in [9.17, 15) is 13.6 Å². The van der Waals surface area contributed by atoms with E-state index in [0.29, 0.717) is 28.4 Å². The van der Waals surface area contributed by atoms with E-state index in [1.165, 1.54) is 23.1 Å². The van der Waals surface area contributed by atoms with E-state index >= 15 is 0 Å². The topological polar surface area (TPSA) is 50.8 Å². The van der Waals surface area contributed by atoms with Crippen molar-refractivity contribution in [2.45, 2.75) is 6.17 Å². The molecule has 0 aromatic heterocycles. The van der Waals surface area contributed by atoms with Gasteiger partial charge in [-0.05, 0) is 36.4 Å². The van der Waals surface area contributed by atoms with Crippen molar-refractivity contribution >= 4 is 17.3 Å². The van der Waals surface area contributed by atoms with E-state index in [2.05, 4.69) is 5.32 Å². The zero-order chi connectivity index (χ0) is 19.3. The minimum absolute atomic E-state index is 0.0825. The number of carbonyl (C=O) groups excluding carboxylic acids is 1. The van der Waals surface area contributed by atoms with Crippen molar-refractivity contribution < 1.29 is 23.0 Å². The highest BCUT2D eigenvalue weighted by molar-refractivity contribution is 6.12. The van der Waals surface area contributed by atoms with Gasteiger partial charge in [0.2, 0.25) is 6.79 Å². The molecule has 1 N–H and O–H groups in total. The second kappa shape index (κ2) is 6.23. The maximum absolute atomic E-state index is 14.6. The van der Waals surface area contributed by atoms with Crippen LogP contribution < -0.4 is 19.7 Å². The number of hydrogen-bond donors (Lipinski definition) is 1. The third-order valence-corrected chi connectivity index (χ3v) is 4.83. The third kappa shape index (κ3) is 2.47. The number of nitrogens with one attached hydrogen (secondary N) is 1. The molecule has 0 fully saturated rings. The Morgan fingerprint density at radius 2 is 1.68 bits per heavy atom. The van der Waals surface area contributed by atoms with Crippen LogP contribution in [0.3, 0.4) is 0 Å². The summed E-state index contributed by atoms with van der Waals surface area (Å²) < 4.78 is 39.9. The standard InChI is InChI=1S/C21H14F2N2O3/c22-14-5-3-6-15(23)19(14)20-24-16-7-2-1-4-13(16)21(26)25(20)12-8-9-17-18(10-12)28-11-27-17/h1-10,20,24H,11H2/t20-/m1/s1. The molecule has 0 spiro atoms. The lowest BCUT2D eigenvalue weighted by atomic mass is 10.0. The summed E-state index contributed by atoms with van der Waals surface area (Å²) in [5, 5.41) is 3.09. The molecule has 28 heavy (non-hydrogen) atoms. The van der Waals surface area contributed by atoms with Gasteiger partial charge in [-0.2, -0.15) is 0 Å². The largest absolute Gasteiger partial charge is 0.454 e. The summed E-state index contributed by atoms with van der Waals surface area (Å²) in [7, 11) is 0. The van der Waals surface area contributed by atoms with Crippen molar-refractivity contribution in [3.05, 3.63) is 83.4 Å². The van der Waals surface area contributed by atoms with E-state index in [1.807, 2.05) is 0 Å². The molecule has 1 atom stereocenters. The summed E-state index contributed by atoms with van der Waals surface area (Å²) >= 11 is 0. The Bertz CT molecular complexity index is 1080. The maximum Gasteiger partial charge on any atom is 0.262 e. The summed E-state index contributed by atoms with van der Waals surface area (Å²) in [6.07, 6.45) is -1.07. The molecule has 2 heterocycles. The van der Waals surface area contributed by atoms with Crippen LogP contribution in [0.25, 0.3) is 0 Å². The van der Waals surface area contributed by atoms with Gasteiger partial charge in [-0.3, -0.25) is 9.69 Å². The number of amides is 1. The number of anilines is 2. The van der Waals surface area contributed by atoms with Crippen LogP contribution in [0.1, 0.15) is 22.1 Å². The molecular formula is C21H14F2N2O3. The molecule has 140 valence electrons. The van der Waals surface area contributed by atoms with Crippen LogP contribution in [0.15, 0.2) is 60.7 Å². The lowest BCUT2D eigenvalue weighted by Crippen LogP contribution is -2.44. The van der Waals surface area contributed by atoms with E-state index < -0.39 is 17.8 Å². The number of fused-ring (bicyclic) bond motifs is 2. The Labute approximate surface area is 159 Å². The molecule has 0 saturated heterocycles. The minimum Gasteiger partial charge on any atom is -0.454 e. The fourth-order valence-electron chi connectivity index (χ4n) is 3.53. The van der Waals surface area contributed by atoms with Crippen molar-refractivity contribution in [2.75, 3.05) is 17.0 Å². The first kappa shape index (κ1) is 16.6. The van der Waals surface area contributed by atoms with Gasteiger partial charge in [0, 0.05) is 11.8 Å². The van der Waals surface area contributed by atoms with Crippen LogP contribution in [0.4, 0.5) is 20.2 Å². The lowest BCUT2D eigenvalue weighted by Gasteiger charge is -2.38. The highest BCUT2D eigenvalue weighted by Gasteiger charge is 2.37. The van der Waals surface area contributed by atoms with Gasteiger partial charge in [0.25, 0.3) is 5.91 Å². The van der Waals surface area contributed by atoms with E-state index in [0.717, 1.165) is 0 Å². The molecule has 2 aliphatic heterocycles. The number of para-hydroxylation sites is 1. The summed E-state index contributed by atoms with van der Waals surface area (Å²) in [6, 6.07) is 15.4. The molecule has 0 saturated carbocycles.